The van der Waals surface area contributed by atoms with Crippen molar-refractivity contribution in [1.29, 1.82) is 0 Å². The molecule has 1 N–H and O–H groups in total. The van der Waals surface area contributed by atoms with Crippen molar-refractivity contribution < 1.29 is 14.5 Å². The number of nitrogens with one attached hydrogen (secondary N) is 1. The van der Waals surface area contributed by atoms with Crippen molar-refractivity contribution in [1.82, 2.24) is 24.9 Å². The van der Waals surface area contributed by atoms with Gasteiger partial charge in [-0.3, -0.25) is 19.6 Å². The number of halogens is 1. The first-order chi connectivity index (χ1) is 13.0. The highest BCUT2D eigenvalue weighted by molar-refractivity contribution is 6.30. The fourth-order valence-corrected chi connectivity index (χ4v) is 2.36. The van der Waals surface area contributed by atoms with Crippen LogP contribution in [0.3, 0.4) is 0 Å². The van der Waals surface area contributed by atoms with Crippen LogP contribution in [0.5, 0.6) is 5.75 Å². The molecule has 0 saturated heterocycles. The Balaban J connectivity index is 1.52. The molecule has 0 atom stereocenters. The summed E-state index contributed by atoms with van der Waals surface area (Å²) in [6.07, 6.45) is 3.96. The monoisotopic (exact) mass is 390 g/mol. The minimum absolute atomic E-state index is 0.0583. The lowest BCUT2D eigenvalue weighted by atomic mass is 10.3. The summed E-state index contributed by atoms with van der Waals surface area (Å²) in [6.45, 7) is 0.610. The van der Waals surface area contributed by atoms with Gasteiger partial charge in [0.05, 0.1) is 11.5 Å². The van der Waals surface area contributed by atoms with Gasteiger partial charge in [0, 0.05) is 17.8 Å². The predicted molar refractivity (Wildman–Crippen MR) is 95.5 cm³/mol. The van der Waals surface area contributed by atoms with E-state index >= 15 is 0 Å². The van der Waals surface area contributed by atoms with Crippen LogP contribution in [0, 0.1) is 10.1 Å². The zero-order chi connectivity index (χ0) is 19.2. The topological polar surface area (TPSA) is 117 Å². The van der Waals surface area contributed by atoms with Gasteiger partial charge >= 0.3 is 5.69 Å². The van der Waals surface area contributed by atoms with Crippen LogP contribution in [0.15, 0.2) is 48.9 Å². The molecule has 0 spiro atoms. The maximum Gasteiger partial charge on any atom is 0.306 e. The Morgan fingerprint density at radius 1 is 1.26 bits per heavy atom. The molecule has 1 aromatic carbocycles. The summed E-state index contributed by atoms with van der Waals surface area (Å²) >= 11 is 5.82. The van der Waals surface area contributed by atoms with Crippen LogP contribution in [-0.2, 0) is 13.3 Å². The average molecular weight is 391 g/mol. The van der Waals surface area contributed by atoms with Gasteiger partial charge in [-0.1, -0.05) is 11.6 Å². The number of amides is 1. The lowest BCUT2D eigenvalue weighted by molar-refractivity contribution is -0.385. The lowest BCUT2D eigenvalue weighted by Gasteiger charge is -2.10. The van der Waals surface area contributed by atoms with Crippen LogP contribution >= 0.6 is 11.6 Å². The molecule has 0 saturated carbocycles. The lowest BCUT2D eigenvalue weighted by Crippen LogP contribution is -2.30. The molecule has 1 amide bonds. The number of ether oxygens (including phenoxy) is 1. The molecule has 2 heterocycles. The molecular weight excluding hydrogens is 376 g/mol. The Hall–Kier alpha value is -3.40. The first-order valence-corrected chi connectivity index (χ1v) is 8.26. The van der Waals surface area contributed by atoms with E-state index < -0.39 is 4.92 Å². The molecular formula is C16H15ClN6O4. The molecule has 10 nitrogen and oxygen atoms in total. The standard InChI is InChI=1S/C16H15ClN6O4/c17-12-1-3-14(4-2-12)27-11-22-15(5-6-19-22)16(24)18-7-8-21-10-13(9-20-21)23(25)26/h1-6,9-10H,7-8,11H2,(H,18,24). The van der Waals surface area contributed by atoms with Crippen molar-refractivity contribution in [2.24, 2.45) is 0 Å². The number of carbonyl (C=O) groups is 1. The molecule has 11 heteroatoms. The third kappa shape index (κ3) is 4.82. The Kier molecular flexibility index (Phi) is 5.67. The van der Waals surface area contributed by atoms with E-state index in [0.29, 0.717) is 23.0 Å². The van der Waals surface area contributed by atoms with Gasteiger partial charge in [0.15, 0.2) is 6.73 Å². The Morgan fingerprint density at radius 3 is 2.74 bits per heavy atom. The van der Waals surface area contributed by atoms with Gasteiger partial charge in [0.1, 0.15) is 23.8 Å². The van der Waals surface area contributed by atoms with E-state index in [9.17, 15) is 14.9 Å². The molecule has 140 valence electrons. The molecule has 3 rings (SSSR count). The quantitative estimate of drug-likeness (QED) is 0.465. The molecule has 0 unspecified atom stereocenters. The van der Waals surface area contributed by atoms with Crippen molar-refractivity contribution >= 4 is 23.2 Å². The third-order valence-electron chi connectivity index (χ3n) is 3.57. The minimum Gasteiger partial charge on any atom is -0.471 e. The van der Waals surface area contributed by atoms with Crippen LogP contribution in [0.25, 0.3) is 0 Å². The van der Waals surface area contributed by atoms with Crippen LogP contribution < -0.4 is 10.1 Å². The first-order valence-electron chi connectivity index (χ1n) is 7.88. The van der Waals surface area contributed by atoms with E-state index in [2.05, 4.69) is 15.5 Å². The van der Waals surface area contributed by atoms with E-state index in [4.69, 9.17) is 16.3 Å². The number of hydrogen-bond donors (Lipinski definition) is 1. The maximum atomic E-state index is 12.3. The summed E-state index contributed by atoms with van der Waals surface area (Å²) in [5, 5.41) is 21.9. The summed E-state index contributed by atoms with van der Waals surface area (Å²) in [4.78, 5) is 22.4. The highest BCUT2D eigenvalue weighted by Crippen LogP contribution is 2.16. The number of hydrogen-bond acceptors (Lipinski definition) is 6. The summed E-state index contributed by atoms with van der Waals surface area (Å²) in [6, 6.07) is 8.41. The van der Waals surface area contributed by atoms with Crippen LogP contribution in [0.2, 0.25) is 5.02 Å². The SMILES string of the molecule is O=C(NCCn1cc([N+](=O)[O-])cn1)c1ccnn1COc1ccc(Cl)cc1. The van der Waals surface area contributed by atoms with E-state index in [-0.39, 0.29) is 24.9 Å². The number of nitrogens with zero attached hydrogens (tertiary/aromatic N) is 5. The second-order valence-electron chi connectivity index (χ2n) is 5.42. The fraction of sp³-hybridized carbons (Fsp3) is 0.188. The molecule has 3 aromatic rings. The van der Waals surface area contributed by atoms with Gasteiger partial charge in [0.2, 0.25) is 0 Å². The highest BCUT2D eigenvalue weighted by Gasteiger charge is 2.13. The number of carbonyl (C=O) groups excluding carboxylic acids is 1. The molecule has 0 aliphatic heterocycles. The molecule has 0 bridgehead atoms. The molecule has 2 aromatic heterocycles. The van der Waals surface area contributed by atoms with E-state index in [1.165, 1.54) is 21.8 Å². The van der Waals surface area contributed by atoms with E-state index in [0.717, 1.165) is 6.20 Å². The Morgan fingerprint density at radius 2 is 2.04 bits per heavy atom. The maximum absolute atomic E-state index is 12.3. The number of aromatic nitrogens is 4. The highest BCUT2D eigenvalue weighted by atomic mass is 35.5. The summed E-state index contributed by atoms with van der Waals surface area (Å²) < 4.78 is 8.39. The van der Waals surface area contributed by atoms with E-state index in [1.54, 1.807) is 30.3 Å². The Bertz CT molecular complexity index is 937. The van der Waals surface area contributed by atoms with Gasteiger partial charge in [-0.15, -0.1) is 0 Å². The molecule has 27 heavy (non-hydrogen) atoms. The van der Waals surface area contributed by atoms with Gasteiger partial charge in [-0.25, -0.2) is 4.68 Å². The Labute approximate surface area is 158 Å². The van der Waals surface area contributed by atoms with Gasteiger partial charge in [-0.2, -0.15) is 10.2 Å². The number of benzene rings is 1. The molecule has 0 radical (unpaired) electrons. The summed E-state index contributed by atoms with van der Waals surface area (Å²) in [7, 11) is 0. The third-order valence-corrected chi connectivity index (χ3v) is 3.83. The van der Waals surface area contributed by atoms with Crippen LogP contribution in [0.4, 0.5) is 5.69 Å². The van der Waals surface area contributed by atoms with Gasteiger partial charge in [0.25, 0.3) is 5.91 Å². The summed E-state index contributed by atoms with van der Waals surface area (Å²) in [5.41, 5.74) is 0.231. The zero-order valence-electron chi connectivity index (χ0n) is 14.0. The van der Waals surface area contributed by atoms with Gasteiger partial charge < -0.3 is 10.1 Å². The summed E-state index contributed by atoms with van der Waals surface area (Å²) in [5.74, 6) is 0.260. The van der Waals surface area contributed by atoms with Crippen molar-refractivity contribution in [3.8, 4) is 5.75 Å². The number of nitro groups is 1. The largest absolute Gasteiger partial charge is 0.471 e. The van der Waals surface area contributed by atoms with Crippen molar-refractivity contribution in [3.63, 3.8) is 0 Å². The van der Waals surface area contributed by atoms with Crippen molar-refractivity contribution in [2.45, 2.75) is 13.3 Å². The van der Waals surface area contributed by atoms with Crippen LogP contribution in [0.1, 0.15) is 10.5 Å². The minimum atomic E-state index is -0.526. The molecule has 0 aliphatic carbocycles. The predicted octanol–water partition coefficient (Wildman–Crippen LogP) is 2.11. The number of rotatable bonds is 8. The molecule has 0 fully saturated rings. The van der Waals surface area contributed by atoms with Crippen molar-refractivity contribution in [2.75, 3.05) is 6.54 Å². The van der Waals surface area contributed by atoms with E-state index in [1.807, 2.05) is 0 Å². The normalized spacial score (nSPS) is 10.6. The first kappa shape index (κ1) is 18.4. The van der Waals surface area contributed by atoms with Crippen molar-refractivity contribution in [3.05, 3.63) is 69.8 Å². The average Bonchev–Trinajstić information content (AvgIpc) is 3.30. The second-order valence-corrected chi connectivity index (χ2v) is 5.85. The van der Waals surface area contributed by atoms with Gasteiger partial charge in [-0.05, 0) is 30.3 Å². The zero-order valence-corrected chi connectivity index (χ0v) is 14.7. The van der Waals surface area contributed by atoms with Crippen LogP contribution in [-0.4, -0.2) is 36.9 Å². The second kappa shape index (κ2) is 8.32. The fourth-order valence-electron chi connectivity index (χ4n) is 2.24. The smallest absolute Gasteiger partial charge is 0.306 e. The molecule has 0 aliphatic rings.